The van der Waals surface area contributed by atoms with Gasteiger partial charge in [0.2, 0.25) is 15.9 Å². The van der Waals surface area contributed by atoms with Crippen LogP contribution in [0.1, 0.15) is 36.0 Å². The smallest absolute Gasteiger partial charge is 0.228 e. The average Bonchev–Trinajstić information content (AvgIpc) is 3.16. The van der Waals surface area contributed by atoms with Crippen LogP contribution in [0.15, 0.2) is 48.5 Å². The second kappa shape index (κ2) is 8.05. The van der Waals surface area contributed by atoms with Gasteiger partial charge < -0.3 is 5.32 Å². The maximum Gasteiger partial charge on any atom is 0.228 e. The van der Waals surface area contributed by atoms with Gasteiger partial charge in [0, 0.05) is 18.8 Å². The zero-order valence-corrected chi connectivity index (χ0v) is 16.7. The van der Waals surface area contributed by atoms with E-state index in [0.717, 1.165) is 24.1 Å². The molecule has 2 aromatic rings. The van der Waals surface area contributed by atoms with Gasteiger partial charge in [-0.2, -0.15) is 0 Å². The summed E-state index contributed by atoms with van der Waals surface area (Å²) in [5.41, 5.74) is 4.27. The normalized spacial score (nSPS) is 19.9. The standard InChI is InChI=1S/C22H26N2O3S/c25-22(23-21-12-11-18-8-4-9-19(18)14-21)20-10-5-13-24(15-20)28(26,27)16-17-6-2-1-3-7-17/h1-3,6-7,11-12,14,20H,4-5,8-10,13,15-16H2,(H,23,25)/t20-/m1/s1. The van der Waals surface area contributed by atoms with Crippen LogP contribution in [0.25, 0.3) is 0 Å². The van der Waals surface area contributed by atoms with Crippen molar-refractivity contribution in [1.29, 1.82) is 0 Å². The molecule has 5 nitrogen and oxygen atoms in total. The highest BCUT2D eigenvalue weighted by molar-refractivity contribution is 7.88. The van der Waals surface area contributed by atoms with Crippen LogP contribution >= 0.6 is 0 Å². The molecule has 1 N–H and O–H groups in total. The van der Waals surface area contributed by atoms with Crippen molar-refractivity contribution >= 4 is 21.6 Å². The SMILES string of the molecule is O=C(Nc1ccc2c(c1)CCC2)[C@@H]1CCCN(S(=O)(=O)Cc2ccccc2)C1. The third-order valence-electron chi connectivity index (χ3n) is 5.71. The van der Waals surface area contributed by atoms with Crippen molar-refractivity contribution in [3.8, 4) is 0 Å². The number of carbonyl (C=O) groups excluding carboxylic acids is 1. The van der Waals surface area contributed by atoms with Crippen molar-refractivity contribution in [1.82, 2.24) is 4.31 Å². The number of nitrogens with zero attached hydrogens (tertiary/aromatic N) is 1. The molecule has 0 radical (unpaired) electrons. The summed E-state index contributed by atoms with van der Waals surface area (Å²) in [5, 5.41) is 3.00. The molecule has 0 spiro atoms. The lowest BCUT2D eigenvalue weighted by Gasteiger charge is -2.31. The van der Waals surface area contributed by atoms with Crippen LogP contribution in [-0.4, -0.2) is 31.7 Å². The Hall–Kier alpha value is -2.18. The van der Waals surface area contributed by atoms with E-state index in [-0.39, 0.29) is 24.1 Å². The maximum absolute atomic E-state index is 12.8. The summed E-state index contributed by atoms with van der Waals surface area (Å²) in [4.78, 5) is 12.8. The Kier molecular flexibility index (Phi) is 5.51. The van der Waals surface area contributed by atoms with Gasteiger partial charge in [0.1, 0.15) is 0 Å². The fourth-order valence-corrected chi connectivity index (χ4v) is 5.79. The molecule has 4 rings (SSSR count). The van der Waals surface area contributed by atoms with Crippen molar-refractivity contribution in [3.63, 3.8) is 0 Å². The topological polar surface area (TPSA) is 66.5 Å². The van der Waals surface area contributed by atoms with Crippen LogP contribution in [0.2, 0.25) is 0 Å². The zero-order chi connectivity index (χ0) is 19.6. The minimum atomic E-state index is -3.43. The Labute approximate surface area is 166 Å². The van der Waals surface area contributed by atoms with Gasteiger partial charge in [0.15, 0.2) is 0 Å². The second-order valence-corrected chi connectivity index (χ2v) is 9.73. The van der Waals surface area contributed by atoms with E-state index in [0.29, 0.717) is 19.4 Å². The molecule has 1 heterocycles. The molecule has 0 saturated carbocycles. The van der Waals surface area contributed by atoms with Crippen LogP contribution in [0.4, 0.5) is 5.69 Å². The summed E-state index contributed by atoms with van der Waals surface area (Å²) in [6, 6.07) is 15.3. The van der Waals surface area contributed by atoms with Gasteiger partial charge in [-0.3, -0.25) is 4.79 Å². The lowest BCUT2D eigenvalue weighted by atomic mass is 9.98. The molecule has 1 saturated heterocycles. The van der Waals surface area contributed by atoms with Gasteiger partial charge in [-0.05, 0) is 60.9 Å². The number of hydrogen-bond donors (Lipinski definition) is 1. The first-order valence-electron chi connectivity index (χ1n) is 9.96. The predicted molar refractivity (Wildman–Crippen MR) is 110 cm³/mol. The second-order valence-electron chi connectivity index (χ2n) is 7.77. The Morgan fingerprint density at radius 2 is 1.82 bits per heavy atom. The first-order chi connectivity index (χ1) is 13.5. The summed E-state index contributed by atoms with van der Waals surface area (Å²) < 4.78 is 27.1. The number of fused-ring (bicyclic) bond motifs is 1. The van der Waals surface area contributed by atoms with Crippen LogP contribution in [0.3, 0.4) is 0 Å². The monoisotopic (exact) mass is 398 g/mol. The number of amides is 1. The van der Waals surface area contributed by atoms with Gasteiger partial charge in [-0.1, -0.05) is 36.4 Å². The Bertz CT molecular complexity index is 957. The quantitative estimate of drug-likeness (QED) is 0.840. The van der Waals surface area contributed by atoms with Crippen molar-refractivity contribution in [2.75, 3.05) is 18.4 Å². The number of piperidine rings is 1. The lowest BCUT2D eigenvalue weighted by molar-refractivity contribution is -0.120. The van der Waals surface area contributed by atoms with Crippen molar-refractivity contribution in [2.24, 2.45) is 5.92 Å². The van der Waals surface area contributed by atoms with Crippen molar-refractivity contribution < 1.29 is 13.2 Å². The molecule has 1 amide bonds. The highest BCUT2D eigenvalue weighted by atomic mass is 32.2. The molecule has 1 atom stereocenters. The van der Waals surface area contributed by atoms with Crippen LogP contribution < -0.4 is 5.32 Å². The number of anilines is 1. The van der Waals surface area contributed by atoms with Crippen molar-refractivity contribution in [2.45, 2.75) is 37.9 Å². The minimum Gasteiger partial charge on any atom is -0.326 e. The number of aryl methyl sites for hydroxylation is 2. The molecule has 2 aliphatic rings. The Morgan fingerprint density at radius 3 is 2.64 bits per heavy atom. The van der Waals surface area contributed by atoms with Gasteiger partial charge in [0.25, 0.3) is 0 Å². The van der Waals surface area contributed by atoms with E-state index in [2.05, 4.69) is 17.4 Å². The Morgan fingerprint density at radius 1 is 1.04 bits per heavy atom. The third kappa shape index (κ3) is 4.28. The lowest BCUT2D eigenvalue weighted by Crippen LogP contribution is -2.44. The predicted octanol–water partition coefficient (Wildman–Crippen LogP) is 3.36. The van der Waals surface area contributed by atoms with Crippen LogP contribution in [-0.2, 0) is 33.4 Å². The van der Waals surface area contributed by atoms with Gasteiger partial charge in [0.05, 0.1) is 11.7 Å². The van der Waals surface area contributed by atoms with Gasteiger partial charge in [-0.15, -0.1) is 0 Å². The molecule has 6 heteroatoms. The number of sulfonamides is 1. The number of hydrogen-bond acceptors (Lipinski definition) is 3. The molecule has 148 valence electrons. The van der Waals surface area contributed by atoms with E-state index in [1.54, 1.807) is 0 Å². The number of benzene rings is 2. The Balaban J connectivity index is 1.41. The highest BCUT2D eigenvalue weighted by Crippen LogP contribution is 2.26. The molecular weight excluding hydrogens is 372 g/mol. The third-order valence-corrected chi connectivity index (χ3v) is 7.52. The van der Waals surface area contributed by atoms with E-state index >= 15 is 0 Å². The van der Waals surface area contributed by atoms with E-state index in [9.17, 15) is 13.2 Å². The van der Waals surface area contributed by atoms with E-state index in [4.69, 9.17) is 0 Å². The summed E-state index contributed by atoms with van der Waals surface area (Å²) in [6.07, 6.45) is 4.77. The first-order valence-corrected chi connectivity index (χ1v) is 11.6. The number of rotatable bonds is 5. The summed E-state index contributed by atoms with van der Waals surface area (Å²) in [5.74, 6) is -0.419. The molecular formula is C22H26N2O3S. The van der Waals surface area contributed by atoms with Crippen LogP contribution in [0, 0.1) is 5.92 Å². The summed E-state index contributed by atoms with van der Waals surface area (Å²) >= 11 is 0. The first kappa shape index (κ1) is 19.2. The van der Waals surface area contributed by atoms with Crippen molar-refractivity contribution in [3.05, 3.63) is 65.2 Å². The largest absolute Gasteiger partial charge is 0.326 e. The molecule has 1 fully saturated rings. The summed E-state index contributed by atoms with van der Waals surface area (Å²) in [6.45, 7) is 0.740. The van der Waals surface area contributed by atoms with Crippen LogP contribution in [0.5, 0.6) is 0 Å². The van der Waals surface area contributed by atoms with Gasteiger partial charge in [-0.25, -0.2) is 12.7 Å². The maximum atomic E-state index is 12.8. The molecule has 2 aromatic carbocycles. The summed E-state index contributed by atoms with van der Waals surface area (Å²) in [7, 11) is -3.43. The van der Waals surface area contributed by atoms with E-state index < -0.39 is 10.0 Å². The van der Waals surface area contributed by atoms with Gasteiger partial charge >= 0.3 is 0 Å². The fourth-order valence-electron chi connectivity index (χ4n) is 4.18. The number of carbonyl (C=O) groups is 1. The highest BCUT2D eigenvalue weighted by Gasteiger charge is 2.32. The fraction of sp³-hybridized carbons (Fsp3) is 0.409. The molecule has 28 heavy (non-hydrogen) atoms. The molecule has 0 bridgehead atoms. The average molecular weight is 399 g/mol. The number of nitrogens with one attached hydrogen (secondary N) is 1. The molecule has 0 unspecified atom stereocenters. The zero-order valence-electron chi connectivity index (χ0n) is 15.9. The molecule has 0 aromatic heterocycles. The molecule has 1 aliphatic carbocycles. The van der Waals surface area contributed by atoms with E-state index in [1.165, 1.54) is 21.9 Å². The molecule has 1 aliphatic heterocycles. The van der Waals surface area contributed by atoms with E-state index in [1.807, 2.05) is 36.4 Å². The minimum absolute atomic E-state index is 0.0208.